The molecule has 1 unspecified atom stereocenters. The average molecular weight is 319 g/mol. The number of benzene rings is 1. The van der Waals surface area contributed by atoms with E-state index in [0.29, 0.717) is 30.8 Å². The van der Waals surface area contributed by atoms with Crippen molar-refractivity contribution in [3.63, 3.8) is 0 Å². The third kappa shape index (κ3) is 4.53. The summed E-state index contributed by atoms with van der Waals surface area (Å²) in [6.45, 7) is 1.15. The summed E-state index contributed by atoms with van der Waals surface area (Å²) >= 11 is 0. The molecular formula is C16H21N3O4. The second kappa shape index (κ2) is 7.73. The van der Waals surface area contributed by atoms with Gasteiger partial charge in [-0.3, -0.25) is 14.4 Å². The largest absolute Gasteiger partial charge is 0.481 e. The van der Waals surface area contributed by atoms with Crippen LogP contribution in [-0.4, -0.2) is 36.0 Å². The summed E-state index contributed by atoms with van der Waals surface area (Å²) in [4.78, 5) is 34.8. The first-order chi connectivity index (χ1) is 11.0. The summed E-state index contributed by atoms with van der Waals surface area (Å²) in [6.07, 6.45) is 1.84. The first kappa shape index (κ1) is 17.0. The van der Waals surface area contributed by atoms with Gasteiger partial charge in [0.15, 0.2) is 0 Å². The molecule has 1 aromatic rings. The van der Waals surface area contributed by atoms with E-state index in [4.69, 9.17) is 10.8 Å². The number of nitrogens with one attached hydrogen (secondary N) is 2. The molecule has 5 N–H and O–H groups in total. The number of hydrogen-bond donors (Lipinski definition) is 4. The lowest BCUT2D eigenvalue weighted by molar-refractivity contribution is -0.140. The van der Waals surface area contributed by atoms with Crippen molar-refractivity contribution in [2.24, 2.45) is 11.7 Å². The zero-order valence-electron chi connectivity index (χ0n) is 12.8. The molecule has 0 fully saturated rings. The minimum atomic E-state index is -0.998. The Bertz CT molecular complexity index is 615. The maximum atomic E-state index is 12.1. The predicted octanol–water partition coefficient (Wildman–Crippen LogP) is 0.741. The molecule has 23 heavy (non-hydrogen) atoms. The van der Waals surface area contributed by atoms with Crippen molar-refractivity contribution < 1.29 is 19.5 Å². The van der Waals surface area contributed by atoms with Crippen LogP contribution in [0.25, 0.3) is 0 Å². The van der Waals surface area contributed by atoms with E-state index >= 15 is 0 Å². The van der Waals surface area contributed by atoms with Crippen molar-refractivity contribution in [2.75, 3.05) is 18.4 Å². The highest BCUT2D eigenvalue weighted by molar-refractivity contribution is 6.00. The highest BCUT2D eigenvalue weighted by Crippen LogP contribution is 2.28. The Kier molecular flexibility index (Phi) is 5.70. The van der Waals surface area contributed by atoms with Crippen molar-refractivity contribution in [3.05, 3.63) is 29.3 Å². The fraction of sp³-hybridized carbons (Fsp3) is 0.438. The monoisotopic (exact) mass is 319 g/mol. The quantitative estimate of drug-likeness (QED) is 0.552. The highest BCUT2D eigenvalue weighted by Gasteiger charge is 2.28. The van der Waals surface area contributed by atoms with E-state index in [9.17, 15) is 14.4 Å². The number of hydrogen-bond acceptors (Lipinski definition) is 4. The molecule has 0 bridgehead atoms. The van der Waals surface area contributed by atoms with Gasteiger partial charge in [0.1, 0.15) is 0 Å². The van der Waals surface area contributed by atoms with Gasteiger partial charge in [-0.2, -0.15) is 0 Å². The van der Waals surface area contributed by atoms with Crippen LogP contribution in [0.15, 0.2) is 18.2 Å². The number of nitrogens with two attached hydrogens (primary N) is 1. The van der Waals surface area contributed by atoms with Crippen molar-refractivity contribution in [1.29, 1.82) is 0 Å². The van der Waals surface area contributed by atoms with E-state index in [1.165, 1.54) is 0 Å². The zero-order chi connectivity index (χ0) is 16.8. The van der Waals surface area contributed by atoms with Gasteiger partial charge in [0.25, 0.3) is 5.91 Å². The Balaban J connectivity index is 2.03. The van der Waals surface area contributed by atoms with E-state index in [2.05, 4.69) is 10.6 Å². The van der Waals surface area contributed by atoms with Gasteiger partial charge in [-0.25, -0.2) is 0 Å². The van der Waals surface area contributed by atoms with E-state index in [1.54, 1.807) is 18.2 Å². The van der Waals surface area contributed by atoms with E-state index in [0.717, 1.165) is 18.4 Å². The van der Waals surface area contributed by atoms with Crippen LogP contribution in [0.5, 0.6) is 0 Å². The lowest BCUT2D eigenvalue weighted by Crippen LogP contribution is -2.32. The lowest BCUT2D eigenvalue weighted by atomic mass is 9.90. The van der Waals surface area contributed by atoms with E-state index < -0.39 is 11.9 Å². The zero-order valence-corrected chi connectivity index (χ0v) is 12.8. The van der Waals surface area contributed by atoms with Gasteiger partial charge in [-0.15, -0.1) is 0 Å². The molecule has 1 atom stereocenters. The van der Waals surface area contributed by atoms with Gasteiger partial charge in [0.2, 0.25) is 5.91 Å². The number of anilines is 1. The molecule has 1 aliphatic rings. The van der Waals surface area contributed by atoms with E-state index in [-0.39, 0.29) is 18.2 Å². The number of carboxylic acid groups (broad SMARTS) is 1. The number of amides is 2. The molecule has 0 saturated carbocycles. The topological polar surface area (TPSA) is 122 Å². The van der Waals surface area contributed by atoms with Crippen LogP contribution >= 0.6 is 0 Å². The van der Waals surface area contributed by atoms with Crippen molar-refractivity contribution >= 4 is 23.5 Å². The van der Waals surface area contributed by atoms with Crippen molar-refractivity contribution in [2.45, 2.75) is 25.7 Å². The van der Waals surface area contributed by atoms with Gasteiger partial charge < -0.3 is 21.5 Å². The smallest absolute Gasteiger partial charge is 0.304 e. The summed E-state index contributed by atoms with van der Waals surface area (Å²) in [7, 11) is 0. The maximum absolute atomic E-state index is 12.1. The molecule has 124 valence electrons. The Labute approximate surface area is 134 Å². The van der Waals surface area contributed by atoms with Crippen LogP contribution in [-0.2, 0) is 16.0 Å². The van der Waals surface area contributed by atoms with Crippen molar-refractivity contribution in [1.82, 2.24) is 5.32 Å². The molecule has 1 aliphatic heterocycles. The van der Waals surface area contributed by atoms with Crippen LogP contribution in [0, 0.1) is 5.92 Å². The fourth-order valence-corrected chi connectivity index (χ4v) is 2.55. The minimum Gasteiger partial charge on any atom is -0.481 e. The molecule has 1 aromatic carbocycles. The Morgan fingerprint density at radius 2 is 2.13 bits per heavy atom. The number of aliphatic carboxylic acids is 1. The predicted molar refractivity (Wildman–Crippen MR) is 85.1 cm³/mol. The second-order valence-corrected chi connectivity index (χ2v) is 5.61. The Morgan fingerprint density at radius 1 is 1.35 bits per heavy atom. The summed E-state index contributed by atoms with van der Waals surface area (Å²) in [6, 6.07) is 5.08. The molecule has 0 saturated heterocycles. The van der Waals surface area contributed by atoms with E-state index in [1.807, 2.05) is 0 Å². The normalized spacial score (nSPS) is 16.4. The van der Waals surface area contributed by atoms with Gasteiger partial charge in [0, 0.05) is 17.8 Å². The summed E-state index contributed by atoms with van der Waals surface area (Å²) in [5, 5.41) is 14.3. The fourth-order valence-electron chi connectivity index (χ4n) is 2.55. The van der Waals surface area contributed by atoms with Gasteiger partial charge in [-0.1, -0.05) is 6.07 Å². The van der Waals surface area contributed by atoms with Crippen LogP contribution in [0.4, 0.5) is 5.69 Å². The molecular weight excluding hydrogens is 298 g/mol. The van der Waals surface area contributed by atoms with Crippen LogP contribution in [0.2, 0.25) is 0 Å². The number of carboxylic acids is 1. The third-order valence-electron chi connectivity index (χ3n) is 3.80. The van der Waals surface area contributed by atoms with Crippen LogP contribution in [0.3, 0.4) is 0 Å². The van der Waals surface area contributed by atoms with Crippen LogP contribution < -0.4 is 16.4 Å². The lowest BCUT2D eigenvalue weighted by Gasteiger charge is -2.24. The molecule has 2 amide bonds. The first-order valence-electron chi connectivity index (χ1n) is 7.65. The summed E-state index contributed by atoms with van der Waals surface area (Å²) < 4.78 is 0. The summed E-state index contributed by atoms with van der Waals surface area (Å²) in [5.41, 5.74) is 7.28. The molecule has 2 rings (SSSR count). The molecule has 0 aromatic heterocycles. The number of unbranched alkanes of at least 4 members (excludes halogenated alkanes) is 1. The molecule has 1 heterocycles. The molecule has 7 nitrogen and oxygen atoms in total. The number of carbonyl (C=O) groups excluding carboxylic acids is 2. The number of carbonyl (C=O) groups is 3. The van der Waals surface area contributed by atoms with Gasteiger partial charge in [0.05, 0.1) is 12.3 Å². The Hall–Kier alpha value is -2.41. The molecule has 7 heteroatoms. The highest BCUT2D eigenvalue weighted by atomic mass is 16.4. The second-order valence-electron chi connectivity index (χ2n) is 5.61. The number of rotatable bonds is 7. The minimum absolute atomic E-state index is 0.200. The maximum Gasteiger partial charge on any atom is 0.304 e. The third-order valence-corrected chi connectivity index (χ3v) is 3.80. The van der Waals surface area contributed by atoms with Crippen molar-refractivity contribution in [3.8, 4) is 0 Å². The Morgan fingerprint density at radius 3 is 2.83 bits per heavy atom. The standard InChI is InChI=1S/C16H21N3O4/c17-5-1-2-6-18-15(22)11-4-3-10-7-12(9-14(20)21)16(23)19-13(10)8-11/h3-4,8,12H,1-2,5-7,9,17H2,(H,18,22)(H,19,23)(H,20,21). The molecule has 0 radical (unpaired) electrons. The van der Waals surface area contributed by atoms with Gasteiger partial charge >= 0.3 is 5.97 Å². The number of fused-ring (bicyclic) bond motifs is 1. The molecule has 0 aliphatic carbocycles. The average Bonchev–Trinajstić information content (AvgIpc) is 2.51. The first-order valence-corrected chi connectivity index (χ1v) is 7.65. The van der Waals surface area contributed by atoms with Gasteiger partial charge in [-0.05, 0) is 43.5 Å². The summed E-state index contributed by atoms with van der Waals surface area (Å²) in [5.74, 6) is -2.09. The molecule has 0 spiro atoms. The van der Waals surface area contributed by atoms with Crippen LogP contribution in [0.1, 0.15) is 35.2 Å². The SMILES string of the molecule is NCCCCNC(=O)c1ccc2c(c1)NC(=O)C(CC(=O)O)C2.